The van der Waals surface area contributed by atoms with Crippen LogP contribution in [0.3, 0.4) is 0 Å². The number of hydrogen-bond donors (Lipinski definition) is 0. The molecule has 19 heavy (non-hydrogen) atoms. The fourth-order valence-corrected chi connectivity index (χ4v) is 3.88. The first kappa shape index (κ1) is 14.4. The van der Waals surface area contributed by atoms with E-state index in [1.165, 1.54) is 10.4 Å². The predicted molar refractivity (Wildman–Crippen MR) is 83.9 cm³/mol. The Labute approximate surface area is 124 Å². The van der Waals surface area contributed by atoms with Crippen molar-refractivity contribution in [1.82, 2.24) is 0 Å². The van der Waals surface area contributed by atoms with E-state index in [2.05, 4.69) is 44.4 Å². The van der Waals surface area contributed by atoms with Crippen molar-refractivity contribution in [2.24, 2.45) is 0 Å². The van der Waals surface area contributed by atoms with Crippen LogP contribution in [0.4, 0.5) is 0 Å². The first-order valence-electron chi connectivity index (χ1n) is 6.44. The fourth-order valence-electron chi connectivity index (χ4n) is 2.47. The van der Waals surface area contributed by atoms with Crippen LogP contribution in [0.5, 0.6) is 5.75 Å². The highest BCUT2D eigenvalue weighted by Gasteiger charge is 2.17. The molecule has 0 saturated carbocycles. The maximum absolute atomic E-state index is 6.67. The molecule has 0 radical (unpaired) electrons. The molecule has 1 aromatic carbocycles. The number of thiophene rings is 1. The van der Waals surface area contributed by atoms with Crippen molar-refractivity contribution in [3.05, 3.63) is 50.7 Å². The van der Waals surface area contributed by atoms with Gasteiger partial charge in [0, 0.05) is 4.88 Å². The van der Waals surface area contributed by atoms with Crippen LogP contribution in [0.1, 0.15) is 39.4 Å². The number of alkyl halides is 1. The van der Waals surface area contributed by atoms with Gasteiger partial charge in [0.25, 0.3) is 0 Å². The lowest BCUT2D eigenvalue weighted by Crippen LogP contribution is -1.98. The Morgan fingerprint density at radius 1 is 1.26 bits per heavy atom. The van der Waals surface area contributed by atoms with Crippen molar-refractivity contribution in [3.63, 3.8) is 0 Å². The second-order valence-electron chi connectivity index (χ2n) is 4.71. The van der Waals surface area contributed by atoms with Crippen LogP contribution in [0, 0.1) is 13.8 Å². The smallest absolute Gasteiger partial charge is 0.124 e. The molecule has 0 aliphatic heterocycles. The summed E-state index contributed by atoms with van der Waals surface area (Å²) in [6, 6.07) is 6.42. The van der Waals surface area contributed by atoms with Crippen LogP contribution >= 0.6 is 22.9 Å². The van der Waals surface area contributed by atoms with E-state index in [4.69, 9.17) is 16.3 Å². The van der Waals surface area contributed by atoms with E-state index in [0.717, 1.165) is 28.9 Å². The van der Waals surface area contributed by atoms with Gasteiger partial charge in [-0.05, 0) is 54.0 Å². The molecule has 0 spiro atoms. The number of rotatable bonds is 4. The lowest BCUT2D eigenvalue weighted by molar-refractivity contribution is 0.408. The predicted octanol–water partition coefficient (Wildman–Crippen LogP) is 5.26. The number of hydrogen-bond acceptors (Lipinski definition) is 2. The Balaban J connectivity index is 2.42. The van der Waals surface area contributed by atoms with Crippen molar-refractivity contribution in [2.75, 3.05) is 7.11 Å². The molecule has 0 saturated heterocycles. The van der Waals surface area contributed by atoms with Gasteiger partial charge in [0.1, 0.15) is 5.75 Å². The topological polar surface area (TPSA) is 9.23 Å². The summed E-state index contributed by atoms with van der Waals surface area (Å²) >= 11 is 8.40. The molecule has 0 aliphatic rings. The monoisotopic (exact) mass is 294 g/mol. The SMILES string of the molecule is CCc1ccsc1C(Cl)c1cc(C)c(OC)c(C)c1. The molecule has 0 fully saturated rings. The largest absolute Gasteiger partial charge is 0.496 e. The average Bonchev–Trinajstić information content (AvgIpc) is 2.85. The zero-order valence-corrected chi connectivity index (χ0v) is 13.4. The molecule has 0 bridgehead atoms. The minimum Gasteiger partial charge on any atom is -0.496 e. The molecule has 1 aromatic heterocycles. The Bertz CT molecular complexity index is 551. The lowest BCUT2D eigenvalue weighted by atomic mass is 10.0. The summed E-state index contributed by atoms with van der Waals surface area (Å²) in [5.74, 6) is 0.953. The summed E-state index contributed by atoms with van der Waals surface area (Å²) in [5.41, 5.74) is 4.77. The molecule has 1 unspecified atom stereocenters. The summed E-state index contributed by atoms with van der Waals surface area (Å²) in [4.78, 5) is 1.26. The van der Waals surface area contributed by atoms with Gasteiger partial charge in [-0.1, -0.05) is 19.1 Å². The maximum Gasteiger partial charge on any atom is 0.124 e. The fraction of sp³-hybridized carbons (Fsp3) is 0.375. The van der Waals surface area contributed by atoms with Gasteiger partial charge in [0.05, 0.1) is 12.5 Å². The summed E-state index contributed by atoms with van der Waals surface area (Å²) in [5, 5.41) is 2.05. The summed E-state index contributed by atoms with van der Waals surface area (Å²) in [7, 11) is 1.71. The Hall–Kier alpha value is -0.990. The van der Waals surface area contributed by atoms with Crippen molar-refractivity contribution in [3.8, 4) is 5.75 Å². The normalized spacial score (nSPS) is 12.5. The third kappa shape index (κ3) is 2.80. The quantitative estimate of drug-likeness (QED) is 0.699. The summed E-state index contributed by atoms with van der Waals surface area (Å²) < 4.78 is 5.41. The Kier molecular flexibility index (Phi) is 4.54. The Morgan fingerprint density at radius 2 is 1.89 bits per heavy atom. The van der Waals surface area contributed by atoms with E-state index < -0.39 is 0 Å². The van der Waals surface area contributed by atoms with Crippen LogP contribution in [0.25, 0.3) is 0 Å². The third-order valence-electron chi connectivity index (χ3n) is 3.37. The number of aryl methyl sites for hydroxylation is 3. The number of ether oxygens (including phenoxy) is 1. The van der Waals surface area contributed by atoms with E-state index in [9.17, 15) is 0 Å². The van der Waals surface area contributed by atoms with Gasteiger partial charge in [0.2, 0.25) is 0 Å². The Morgan fingerprint density at radius 3 is 2.42 bits per heavy atom. The number of benzene rings is 1. The van der Waals surface area contributed by atoms with E-state index in [0.29, 0.717) is 0 Å². The molecule has 0 amide bonds. The highest BCUT2D eigenvalue weighted by molar-refractivity contribution is 7.10. The van der Waals surface area contributed by atoms with E-state index in [-0.39, 0.29) is 5.38 Å². The molecule has 3 heteroatoms. The van der Waals surface area contributed by atoms with Gasteiger partial charge in [-0.25, -0.2) is 0 Å². The molecule has 0 aliphatic carbocycles. The molecular formula is C16H19ClOS. The molecule has 2 aromatic rings. The molecule has 2 rings (SSSR count). The van der Waals surface area contributed by atoms with Gasteiger partial charge < -0.3 is 4.74 Å². The van der Waals surface area contributed by atoms with Gasteiger partial charge in [0.15, 0.2) is 0 Å². The first-order valence-corrected chi connectivity index (χ1v) is 7.75. The molecule has 0 N–H and O–H groups in total. The molecular weight excluding hydrogens is 276 g/mol. The first-order chi connectivity index (χ1) is 9.08. The van der Waals surface area contributed by atoms with Crippen LogP contribution < -0.4 is 4.74 Å². The number of halogens is 1. The molecule has 1 atom stereocenters. The van der Waals surface area contributed by atoms with Crippen molar-refractivity contribution < 1.29 is 4.74 Å². The zero-order valence-electron chi connectivity index (χ0n) is 11.8. The van der Waals surface area contributed by atoms with Crippen molar-refractivity contribution >= 4 is 22.9 Å². The highest BCUT2D eigenvalue weighted by atomic mass is 35.5. The van der Waals surface area contributed by atoms with E-state index in [1.54, 1.807) is 18.4 Å². The molecule has 1 nitrogen and oxygen atoms in total. The van der Waals surface area contributed by atoms with Crippen molar-refractivity contribution in [2.45, 2.75) is 32.6 Å². The third-order valence-corrected chi connectivity index (χ3v) is 4.99. The molecule has 102 valence electrons. The highest BCUT2D eigenvalue weighted by Crippen LogP contribution is 2.37. The maximum atomic E-state index is 6.67. The van der Waals surface area contributed by atoms with E-state index >= 15 is 0 Å². The summed E-state index contributed by atoms with van der Waals surface area (Å²) in [6.07, 6.45) is 1.02. The van der Waals surface area contributed by atoms with Gasteiger partial charge in [-0.2, -0.15) is 0 Å². The molecule has 1 heterocycles. The van der Waals surface area contributed by atoms with E-state index in [1.807, 2.05) is 0 Å². The lowest BCUT2D eigenvalue weighted by Gasteiger charge is -2.15. The van der Waals surface area contributed by atoms with Crippen LogP contribution in [0.2, 0.25) is 0 Å². The van der Waals surface area contributed by atoms with Crippen LogP contribution in [0.15, 0.2) is 23.6 Å². The second kappa shape index (κ2) is 5.98. The second-order valence-corrected chi connectivity index (χ2v) is 6.10. The van der Waals surface area contributed by atoms with Crippen molar-refractivity contribution in [1.29, 1.82) is 0 Å². The standard InChI is InChI=1S/C16H19ClOS/c1-5-12-6-7-19-16(12)14(17)13-8-10(2)15(18-4)11(3)9-13/h6-9,14H,5H2,1-4H3. The summed E-state index contributed by atoms with van der Waals surface area (Å²) in [6.45, 7) is 6.29. The average molecular weight is 295 g/mol. The zero-order chi connectivity index (χ0) is 14.0. The van der Waals surface area contributed by atoms with Gasteiger partial charge in [-0.3, -0.25) is 0 Å². The van der Waals surface area contributed by atoms with Gasteiger partial charge >= 0.3 is 0 Å². The van der Waals surface area contributed by atoms with Crippen LogP contribution in [-0.4, -0.2) is 7.11 Å². The minimum absolute atomic E-state index is 0.0711. The van der Waals surface area contributed by atoms with Gasteiger partial charge in [-0.15, -0.1) is 22.9 Å². The number of methoxy groups -OCH3 is 1. The minimum atomic E-state index is -0.0711. The van der Waals surface area contributed by atoms with Crippen LogP contribution in [-0.2, 0) is 6.42 Å².